The van der Waals surface area contributed by atoms with Gasteiger partial charge < -0.3 is 15.4 Å². The summed E-state index contributed by atoms with van der Waals surface area (Å²) in [6, 6.07) is 0. The van der Waals surface area contributed by atoms with Gasteiger partial charge in [-0.2, -0.15) is 0 Å². The Morgan fingerprint density at radius 1 is 1.39 bits per heavy atom. The van der Waals surface area contributed by atoms with E-state index in [1.54, 1.807) is 7.11 Å². The molecule has 0 heterocycles. The maximum absolute atomic E-state index is 5.46. The van der Waals surface area contributed by atoms with Crippen LogP contribution in [0.4, 0.5) is 0 Å². The van der Waals surface area contributed by atoms with E-state index in [2.05, 4.69) is 43.0 Å². The van der Waals surface area contributed by atoms with Crippen molar-refractivity contribution in [3.63, 3.8) is 0 Å². The monoisotopic (exact) mass is 369 g/mol. The van der Waals surface area contributed by atoms with Gasteiger partial charge in [0.1, 0.15) is 0 Å². The van der Waals surface area contributed by atoms with Crippen LogP contribution in [0.2, 0.25) is 0 Å². The van der Waals surface area contributed by atoms with E-state index in [0.29, 0.717) is 13.1 Å². The highest BCUT2D eigenvalue weighted by atomic mass is 127. The van der Waals surface area contributed by atoms with Crippen LogP contribution in [0.25, 0.3) is 0 Å². The third kappa shape index (κ3) is 8.74. The summed E-state index contributed by atoms with van der Waals surface area (Å²) in [5, 5.41) is 6.35. The second kappa shape index (κ2) is 10.6. The van der Waals surface area contributed by atoms with Gasteiger partial charge in [0, 0.05) is 20.2 Å². The standard InChI is InChI=1S/C13H27N3O.HI/c1-7-9-15-12(14-8-2)16-10-11(17-6)13(3,4)5;/h7,11H,1,8-10H2,2-6H3,(H2,14,15,16);1H. The molecule has 1 unspecified atom stereocenters. The van der Waals surface area contributed by atoms with Crippen LogP contribution < -0.4 is 10.6 Å². The number of hydrogen-bond donors (Lipinski definition) is 2. The van der Waals surface area contributed by atoms with Gasteiger partial charge in [-0.1, -0.05) is 26.8 Å². The largest absolute Gasteiger partial charge is 0.379 e. The lowest BCUT2D eigenvalue weighted by Crippen LogP contribution is -2.39. The second-order valence-electron chi connectivity index (χ2n) is 4.98. The fourth-order valence-corrected chi connectivity index (χ4v) is 1.39. The molecule has 0 aromatic carbocycles. The zero-order valence-electron chi connectivity index (χ0n) is 12.2. The smallest absolute Gasteiger partial charge is 0.191 e. The summed E-state index contributed by atoms with van der Waals surface area (Å²) >= 11 is 0. The summed E-state index contributed by atoms with van der Waals surface area (Å²) in [5.41, 5.74) is 0.0913. The Bertz CT molecular complexity index is 249. The number of nitrogens with zero attached hydrogens (tertiary/aromatic N) is 1. The van der Waals surface area contributed by atoms with Crippen molar-refractivity contribution in [3.8, 4) is 0 Å². The molecule has 0 aliphatic carbocycles. The highest BCUT2D eigenvalue weighted by molar-refractivity contribution is 14.0. The summed E-state index contributed by atoms with van der Waals surface area (Å²) in [7, 11) is 1.73. The number of methoxy groups -OCH3 is 1. The molecule has 5 heteroatoms. The van der Waals surface area contributed by atoms with Gasteiger partial charge in [-0.25, -0.2) is 0 Å². The highest BCUT2D eigenvalue weighted by Crippen LogP contribution is 2.21. The van der Waals surface area contributed by atoms with Gasteiger partial charge in [0.05, 0.1) is 12.6 Å². The van der Waals surface area contributed by atoms with Crippen molar-refractivity contribution >= 4 is 29.9 Å². The molecule has 0 saturated carbocycles. The lowest BCUT2D eigenvalue weighted by molar-refractivity contribution is 0.0241. The summed E-state index contributed by atoms with van der Waals surface area (Å²) in [6.07, 6.45) is 1.92. The SMILES string of the molecule is C=CCNC(=NCC(OC)C(C)(C)C)NCC.I. The molecule has 0 aliphatic rings. The quantitative estimate of drug-likeness (QED) is 0.327. The Hall–Kier alpha value is -0.300. The Labute approximate surface area is 129 Å². The Balaban J connectivity index is 0. The number of guanidine groups is 1. The van der Waals surface area contributed by atoms with Gasteiger partial charge in [0.2, 0.25) is 0 Å². The van der Waals surface area contributed by atoms with Crippen LogP contribution in [0.5, 0.6) is 0 Å². The fraction of sp³-hybridized carbons (Fsp3) is 0.769. The first kappa shape index (κ1) is 20.0. The molecule has 0 amide bonds. The minimum absolute atomic E-state index is 0. The minimum atomic E-state index is 0. The molecular formula is C13H28IN3O. The van der Waals surface area contributed by atoms with E-state index >= 15 is 0 Å². The van der Waals surface area contributed by atoms with Crippen LogP contribution in [0.15, 0.2) is 17.6 Å². The molecule has 0 aliphatic heterocycles. The Kier molecular flexibility index (Phi) is 11.8. The number of hydrogen-bond acceptors (Lipinski definition) is 2. The zero-order chi connectivity index (χ0) is 13.3. The number of nitrogens with one attached hydrogen (secondary N) is 2. The van der Waals surface area contributed by atoms with Crippen molar-refractivity contribution in [3.05, 3.63) is 12.7 Å². The van der Waals surface area contributed by atoms with E-state index in [-0.39, 0.29) is 35.5 Å². The molecular weight excluding hydrogens is 341 g/mol. The number of halogens is 1. The summed E-state index contributed by atoms with van der Waals surface area (Å²) < 4.78 is 5.46. The maximum Gasteiger partial charge on any atom is 0.191 e. The van der Waals surface area contributed by atoms with Crippen LogP contribution >= 0.6 is 24.0 Å². The predicted octanol–water partition coefficient (Wildman–Crippen LogP) is 2.41. The van der Waals surface area contributed by atoms with Crippen molar-refractivity contribution in [1.82, 2.24) is 10.6 Å². The minimum Gasteiger partial charge on any atom is -0.379 e. The molecule has 0 radical (unpaired) electrons. The van der Waals surface area contributed by atoms with Crippen LogP contribution in [0.1, 0.15) is 27.7 Å². The van der Waals surface area contributed by atoms with Crippen LogP contribution in [-0.2, 0) is 4.74 Å². The molecule has 108 valence electrons. The van der Waals surface area contributed by atoms with E-state index in [0.717, 1.165) is 12.5 Å². The molecule has 0 bridgehead atoms. The van der Waals surface area contributed by atoms with Crippen molar-refractivity contribution in [2.75, 3.05) is 26.7 Å². The first-order chi connectivity index (χ1) is 7.95. The molecule has 2 N–H and O–H groups in total. The van der Waals surface area contributed by atoms with Crippen molar-refractivity contribution in [1.29, 1.82) is 0 Å². The third-order valence-corrected chi connectivity index (χ3v) is 2.42. The molecule has 0 rings (SSSR count). The predicted molar refractivity (Wildman–Crippen MR) is 89.8 cm³/mol. The topological polar surface area (TPSA) is 45.7 Å². The highest BCUT2D eigenvalue weighted by Gasteiger charge is 2.23. The summed E-state index contributed by atoms with van der Waals surface area (Å²) in [5.74, 6) is 0.804. The van der Waals surface area contributed by atoms with Crippen LogP contribution in [-0.4, -0.2) is 38.8 Å². The van der Waals surface area contributed by atoms with Crippen LogP contribution in [0.3, 0.4) is 0 Å². The normalized spacial score (nSPS) is 13.5. The molecule has 0 aromatic rings. The summed E-state index contributed by atoms with van der Waals surface area (Å²) in [4.78, 5) is 4.51. The maximum atomic E-state index is 5.46. The molecule has 0 saturated heterocycles. The second-order valence-corrected chi connectivity index (χ2v) is 4.98. The van der Waals surface area contributed by atoms with Crippen molar-refractivity contribution in [2.45, 2.75) is 33.8 Å². The van der Waals surface area contributed by atoms with Gasteiger partial charge >= 0.3 is 0 Å². The van der Waals surface area contributed by atoms with Gasteiger partial charge in [-0.05, 0) is 12.3 Å². The van der Waals surface area contributed by atoms with E-state index < -0.39 is 0 Å². The number of aliphatic imine (C=N–C) groups is 1. The van der Waals surface area contributed by atoms with Crippen molar-refractivity contribution < 1.29 is 4.74 Å². The average Bonchev–Trinajstić information content (AvgIpc) is 2.24. The van der Waals surface area contributed by atoms with Crippen molar-refractivity contribution in [2.24, 2.45) is 10.4 Å². The van der Waals surface area contributed by atoms with Gasteiger partial charge in [0.15, 0.2) is 5.96 Å². The first-order valence-corrected chi connectivity index (χ1v) is 6.11. The number of rotatable bonds is 6. The third-order valence-electron chi connectivity index (χ3n) is 2.42. The van der Waals surface area contributed by atoms with E-state index in [1.807, 2.05) is 13.0 Å². The van der Waals surface area contributed by atoms with Gasteiger partial charge in [0.25, 0.3) is 0 Å². The zero-order valence-corrected chi connectivity index (χ0v) is 14.6. The lowest BCUT2D eigenvalue weighted by Gasteiger charge is -2.28. The van der Waals surface area contributed by atoms with E-state index in [9.17, 15) is 0 Å². The molecule has 0 spiro atoms. The van der Waals surface area contributed by atoms with E-state index in [1.165, 1.54) is 0 Å². The molecule has 0 fully saturated rings. The fourth-order valence-electron chi connectivity index (χ4n) is 1.39. The Morgan fingerprint density at radius 2 is 2.00 bits per heavy atom. The summed E-state index contributed by atoms with van der Waals surface area (Å²) in [6.45, 7) is 14.4. The van der Waals surface area contributed by atoms with E-state index in [4.69, 9.17) is 4.74 Å². The van der Waals surface area contributed by atoms with Gasteiger partial charge in [-0.15, -0.1) is 30.6 Å². The molecule has 0 aromatic heterocycles. The first-order valence-electron chi connectivity index (χ1n) is 6.11. The Morgan fingerprint density at radius 3 is 2.39 bits per heavy atom. The molecule has 4 nitrogen and oxygen atoms in total. The molecule has 1 atom stereocenters. The van der Waals surface area contributed by atoms with Gasteiger partial charge in [-0.3, -0.25) is 4.99 Å². The van der Waals surface area contributed by atoms with Crippen LogP contribution in [0, 0.1) is 5.41 Å². The average molecular weight is 369 g/mol. The lowest BCUT2D eigenvalue weighted by atomic mass is 9.89. The number of ether oxygens (including phenoxy) is 1. The molecule has 18 heavy (non-hydrogen) atoms.